The van der Waals surface area contributed by atoms with Crippen molar-refractivity contribution in [3.05, 3.63) is 35.9 Å². The molecule has 0 spiro atoms. The van der Waals surface area contributed by atoms with Crippen LogP contribution in [-0.2, 0) is 18.4 Å². The summed E-state index contributed by atoms with van der Waals surface area (Å²) in [6, 6.07) is 0.674. The molecule has 106 valence electrons. The highest BCUT2D eigenvalue weighted by Gasteiger charge is 2.16. The predicted octanol–water partition coefficient (Wildman–Crippen LogP) is 0.192. The van der Waals surface area contributed by atoms with Gasteiger partial charge in [0.25, 0.3) is 5.91 Å². The predicted molar refractivity (Wildman–Crippen MR) is 69.0 cm³/mol. The molecule has 8 nitrogen and oxygen atoms in total. The fourth-order valence-corrected chi connectivity index (χ4v) is 1.62. The highest BCUT2D eigenvalue weighted by atomic mass is 16.4. The highest BCUT2D eigenvalue weighted by molar-refractivity contribution is 5.92. The third-order valence-electron chi connectivity index (χ3n) is 2.81. The molecule has 0 aliphatic rings. The van der Waals surface area contributed by atoms with Gasteiger partial charge in [0.15, 0.2) is 0 Å². The van der Waals surface area contributed by atoms with E-state index in [1.165, 1.54) is 23.9 Å². The minimum Gasteiger partial charge on any atom is -0.480 e. The topological polar surface area (TPSA) is 102 Å². The lowest BCUT2D eigenvalue weighted by molar-refractivity contribution is -0.140. The molecule has 1 atom stereocenters. The summed E-state index contributed by atoms with van der Waals surface area (Å²) in [6.45, 7) is 1.83. The highest BCUT2D eigenvalue weighted by Crippen LogP contribution is 2.06. The molecule has 0 bridgehead atoms. The van der Waals surface area contributed by atoms with E-state index in [2.05, 4.69) is 15.5 Å². The smallest absolute Gasteiger partial charge is 0.328 e. The first kappa shape index (κ1) is 13.8. The molecule has 0 fully saturated rings. The fourth-order valence-electron chi connectivity index (χ4n) is 1.62. The van der Waals surface area contributed by atoms with Gasteiger partial charge in [-0.3, -0.25) is 14.2 Å². The number of carbonyl (C=O) groups is 2. The Kier molecular flexibility index (Phi) is 3.83. The van der Waals surface area contributed by atoms with Crippen LogP contribution in [0.15, 0.2) is 24.7 Å². The van der Waals surface area contributed by atoms with Crippen LogP contribution in [0.2, 0.25) is 0 Å². The molecule has 1 amide bonds. The maximum absolute atomic E-state index is 11.9. The number of aliphatic carboxylic acids is 1. The summed E-state index contributed by atoms with van der Waals surface area (Å²) in [4.78, 5) is 22.7. The van der Waals surface area contributed by atoms with E-state index in [0.717, 1.165) is 5.56 Å². The summed E-state index contributed by atoms with van der Waals surface area (Å²) in [6.07, 6.45) is 4.93. The Bertz CT molecular complexity index is 631. The lowest BCUT2D eigenvalue weighted by atomic mass is 10.3. The van der Waals surface area contributed by atoms with Gasteiger partial charge in [-0.2, -0.15) is 10.2 Å². The first-order chi connectivity index (χ1) is 9.47. The fraction of sp³-hybridized carbons (Fsp3) is 0.333. The Labute approximate surface area is 115 Å². The molecular weight excluding hydrogens is 262 g/mol. The number of aryl methyl sites for hydroxylation is 1. The van der Waals surface area contributed by atoms with Crippen molar-refractivity contribution < 1.29 is 14.7 Å². The number of carboxylic acids is 1. The lowest BCUT2D eigenvalue weighted by Gasteiger charge is -2.05. The second-order valence-corrected chi connectivity index (χ2v) is 4.40. The van der Waals surface area contributed by atoms with Gasteiger partial charge in [0.05, 0.1) is 6.20 Å². The van der Waals surface area contributed by atoms with Gasteiger partial charge in [-0.25, -0.2) is 4.79 Å². The molecular formula is C12H15N5O3. The van der Waals surface area contributed by atoms with Crippen molar-refractivity contribution in [2.45, 2.75) is 19.5 Å². The molecule has 2 aromatic rings. The van der Waals surface area contributed by atoms with E-state index in [0.29, 0.717) is 6.54 Å². The van der Waals surface area contributed by atoms with Crippen molar-refractivity contribution >= 4 is 11.9 Å². The minimum atomic E-state index is -1.00. The molecule has 0 saturated heterocycles. The molecule has 2 aromatic heterocycles. The molecule has 0 saturated carbocycles. The van der Waals surface area contributed by atoms with Gasteiger partial charge in [0.2, 0.25) is 0 Å². The van der Waals surface area contributed by atoms with E-state index in [-0.39, 0.29) is 11.6 Å². The third-order valence-corrected chi connectivity index (χ3v) is 2.81. The van der Waals surface area contributed by atoms with Gasteiger partial charge in [-0.15, -0.1) is 0 Å². The van der Waals surface area contributed by atoms with Crippen LogP contribution in [0.25, 0.3) is 0 Å². The summed E-state index contributed by atoms with van der Waals surface area (Å²) >= 11 is 0. The first-order valence-corrected chi connectivity index (χ1v) is 6.01. The van der Waals surface area contributed by atoms with Crippen LogP contribution < -0.4 is 5.32 Å². The molecule has 0 aromatic carbocycles. The maximum Gasteiger partial charge on any atom is 0.328 e. The van der Waals surface area contributed by atoms with Crippen molar-refractivity contribution in [1.29, 1.82) is 0 Å². The van der Waals surface area contributed by atoms with Gasteiger partial charge in [-0.1, -0.05) is 0 Å². The van der Waals surface area contributed by atoms with Crippen molar-refractivity contribution in [2.75, 3.05) is 0 Å². The zero-order valence-corrected chi connectivity index (χ0v) is 11.1. The monoisotopic (exact) mass is 277 g/mol. The summed E-state index contributed by atoms with van der Waals surface area (Å²) in [5.74, 6) is -1.36. The number of rotatable bonds is 5. The van der Waals surface area contributed by atoms with Crippen LogP contribution in [0.1, 0.15) is 29.0 Å². The standard InChI is InChI=1S/C12H15N5O3/c1-8(12(19)20)17-4-3-10(15-17)11(18)13-5-9-6-14-16(2)7-9/h3-4,6-8H,5H2,1-2H3,(H,13,18)(H,19,20). The Morgan fingerprint density at radius 3 is 2.85 bits per heavy atom. The molecule has 0 aliphatic carbocycles. The summed E-state index contributed by atoms with van der Waals surface area (Å²) in [5, 5.41) is 19.5. The van der Waals surface area contributed by atoms with Crippen LogP contribution >= 0.6 is 0 Å². The van der Waals surface area contributed by atoms with E-state index in [1.807, 2.05) is 0 Å². The zero-order chi connectivity index (χ0) is 14.7. The lowest BCUT2D eigenvalue weighted by Crippen LogP contribution is -2.24. The van der Waals surface area contributed by atoms with E-state index in [1.54, 1.807) is 24.1 Å². The van der Waals surface area contributed by atoms with Crippen LogP contribution in [0, 0.1) is 0 Å². The molecule has 2 N–H and O–H groups in total. The van der Waals surface area contributed by atoms with Gasteiger partial charge in [0, 0.05) is 31.5 Å². The number of nitrogens with one attached hydrogen (secondary N) is 1. The van der Waals surface area contributed by atoms with Gasteiger partial charge in [-0.05, 0) is 13.0 Å². The normalized spacial score (nSPS) is 12.1. The number of amides is 1. The molecule has 20 heavy (non-hydrogen) atoms. The van der Waals surface area contributed by atoms with E-state index < -0.39 is 12.0 Å². The van der Waals surface area contributed by atoms with Gasteiger partial charge < -0.3 is 10.4 Å². The number of carboxylic acid groups (broad SMARTS) is 1. The second kappa shape index (κ2) is 5.55. The summed E-state index contributed by atoms with van der Waals surface area (Å²) in [5.41, 5.74) is 1.06. The average molecular weight is 277 g/mol. The number of hydrogen-bond acceptors (Lipinski definition) is 4. The van der Waals surface area contributed by atoms with E-state index >= 15 is 0 Å². The van der Waals surface area contributed by atoms with Crippen LogP contribution in [0.3, 0.4) is 0 Å². The molecule has 2 rings (SSSR count). The largest absolute Gasteiger partial charge is 0.480 e. The van der Waals surface area contributed by atoms with Crippen molar-refractivity contribution in [3.63, 3.8) is 0 Å². The number of carbonyl (C=O) groups excluding carboxylic acids is 1. The molecule has 1 unspecified atom stereocenters. The van der Waals surface area contributed by atoms with Gasteiger partial charge in [0.1, 0.15) is 11.7 Å². The Morgan fingerprint density at radius 1 is 1.50 bits per heavy atom. The minimum absolute atomic E-state index is 0.182. The number of nitrogens with zero attached hydrogens (tertiary/aromatic N) is 4. The molecule has 2 heterocycles. The van der Waals surface area contributed by atoms with Crippen LogP contribution in [0.4, 0.5) is 0 Å². The summed E-state index contributed by atoms with van der Waals surface area (Å²) < 4.78 is 2.88. The average Bonchev–Trinajstić information content (AvgIpc) is 3.03. The van der Waals surface area contributed by atoms with Gasteiger partial charge >= 0.3 is 5.97 Å². The number of aromatic nitrogens is 4. The zero-order valence-electron chi connectivity index (χ0n) is 11.1. The van der Waals surface area contributed by atoms with Crippen molar-refractivity contribution in [2.24, 2.45) is 7.05 Å². The summed E-state index contributed by atoms with van der Waals surface area (Å²) in [7, 11) is 1.79. The molecule has 8 heteroatoms. The van der Waals surface area contributed by atoms with Crippen LogP contribution in [-0.4, -0.2) is 36.5 Å². The van der Waals surface area contributed by atoms with E-state index in [4.69, 9.17) is 5.11 Å². The molecule has 0 radical (unpaired) electrons. The Balaban J connectivity index is 1.97. The third kappa shape index (κ3) is 3.02. The van der Waals surface area contributed by atoms with Crippen molar-refractivity contribution in [1.82, 2.24) is 24.9 Å². The van der Waals surface area contributed by atoms with Crippen molar-refractivity contribution in [3.8, 4) is 0 Å². The first-order valence-electron chi connectivity index (χ1n) is 6.01. The maximum atomic E-state index is 11.9. The quantitative estimate of drug-likeness (QED) is 0.812. The van der Waals surface area contributed by atoms with Crippen LogP contribution in [0.5, 0.6) is 0 Å². The Hall–Kier alpha value is -2.64. The number of hydrogen-bond donors (Lipinski definition) is 2. The SMILES string of the molecule is CC(C(=O)O)n1ccc(C(=O)NCc2cnn(C)c2)n1. The Morgan fingerprint density at radius 2 is 2.25 bits per heavy atom. The molecule has 0 aliphatic heterocycles. The second-order valence-electron chi connectivity index (χ2n) is 4.40. The van der Waals surface area contributed by atoms with E-state index in [9.17, 15) is 9.59 Å².